The first-order valence-corrected chi connectivity index (χ1v) is 20.5. The molecule has 0 bridgehead atoms. The summed E-state index contributed by atoms with van der Waals surface area (Å²) in [6.45, 7) is 5.33. The normalized spacial score (nSPS) is 14.3. The van der Waals surface area contributed by atoms with E-state index in [4.69, 9.17) is 18.5 Å². The summed E-state index contributed by atoms with van der Waals surface area (Å²) in [5.41, 5.74) is 0. The molecule has 0 spiro atoms. The van der Waals surface area contributed by atoms with Gasteiger partial charge in [-0.15, -0.1) is 0 Å². The summed E-state index contributed by atoms with van der Waals surface area (Å²) in [5.74, 6) is -0.348. The second kappa shape index (κ2) is 32.2. The first-order chi connectivity index (χ1) is 22.6. The third kappa shape index (κ3) is 36.1. The van der Waals surface area contributed by atoms with Gasteiger partial charge in [0.2, 0.25) is 0 Å². The van der Waals surface area contributed by atoms with Crippen LogP contribution in [0.15, 0.2) is 24.3 Å². The number of esters is 1. The van der Waals surface area contributed by atoms with Gasteiger partial charge in [-0.05, 0) is 57.8 Å². The van der Waals surface area contributed by atoms with Crippen molar-refractivity contribution >= 4 is 13.8 Å². The molecule has 0 rings (SSSR count). The monoisotopic (exact) mass is 688 g/mol. The molecule has 47 heavy (non-hydrogen) atoms. The van der Waals surface area contributed by atoms with Crippen LogP contribution in [0.2, 0.25) is 0 Å². The molecule has 0 amide bonds. The lowest BCUT2D eigenvalue weighted by Crippen LogP contribution is -2.37. The molecule has 0 saturated heterocycles. The van der Waals surface area contributed by atoms with Gasteiger partial charge in [0.1, 0.15) is 19.3 Å². The molecule has 278 valence electrons. The van der Waals surface area contributed by atoms with Crippen LogP contribution in [-0.2, 0) is 27.9 Å². The molecule has 0 aliphatic rings. The lowest BCUT2D eigenvalue weighted by Gasteiger charge is -2.28. The van der Waals surface area contributed by atoms with Gasteiger partial charge >= 0.3 is 5.97 Å². The minimum Gasteiger partial charge on any atom is -0.756 e. The van der Waals surface area contributed by atoms with Crippen LogP contribution in [0.4, 0.5) is 0 Å². The van der Waals surface area contributed by atoms with Crippen molar-refractivity contribution in [3.8, 4) is 0 Å². The predicted octanol–water partition coefficient (Wildman–Crippen LogP) is 9.86. The fourth-order valence-electron chi connectivity index (χ4n) is 4.93. The highest BCUT2D eigenvalue weighted by Gasteiger charge is 2.20. The van der Waals surface area contributed by atoms with Gasteiger partial charge in [0, 0.05) is 13.0 Å². The number of hydrogen-bond donors (Lipinski definition) is 0. The molecule has 0 aromatic rings. The Bertz CT molecular complexity index is 812. The van der Waals surface area contributed by atoms with Gasteiger partial charge in [0.15, 0.2) is 0 Å². The van der Waals surface area contributed by atoms with Gasteiger partial charge in [-0.1, -0.05) is 115 Å². The number of ether oxygens (including phenoxy) is 2. The number of rotatable bonds is 35. The molecule has 8 nitrogen and oxygen atoms in total. The zero-order valence-corrected chi connectivity index (χ0v) is 32.1. The molecule has 0 aliphatic carbocycles. The number of hydrogen-bond acceptors (Lipinski definition) is 7. The van der Waals surface area contributed by atoms with E-state index in [1.807, 2.05) is 21.1 Å². The fraction of sp³-hybridized carbons (Fsp3) is 0.868. The van der Waals surface area contributed by atoms with E-state index in [-0.39, 0.29) is 25.8 Å². The smallest absolute Gasteiger partial charge is 0.306 e. The Balaban J connectivity index is 4.31. The van der Waals surface area contributed by atoms with E-state index in [0.717, 1.165) is 44.9 Å². The molecule has 0 aromatic heterocycles. The molecule has 1 unspecified atom stereocenters. The Morgan fingerprint density at radius 1 is 0.638 bits per heavy atom. The average Bonchev–Trinajstić information content (AvgIpc) is 3.01. The van der Waals surface area contributed by atoms with E-state index in [1.54, 1.807) is 0 Å². The van der Waals surface area contributed by atoms with Crippen LogP contribution in [-0.4, -0.2) is 70.7 Å². The SMILES string of the molecule is CCCC/C=C\CCCCCCCC(=O)O[C@H](COCCCCCCCC/C=C\CCCCCC)COP(=O)([O-])OCC[N+](C)(C)C. The average molecular weight is 688 g/mol. The van der Waals surface area contributed by atoms with Gasteiger partial charge in [-0.3, -0.25) is 9.36 Å². The number of phosphoric acid groups is 1. The van der Waals surface area contributed by atoms with E-state index in [1.165, 1.54) is 89.9 Å². The topological polar surface area (TPSA) is 94.1 Å². The lowest BCUT2D eigenvalue weighted by molar-refractivity contribution is -0.870. The van der Waals surface area contributed by atoms with Gasteiger partial charge in [0.25, 0.3) is 7.82 Å². The van der Waals surface area contributed by atoms with E-state index in [2.05, 4.69) is 38.2 Å². The van der Waals surface area contributed by atoms with Crippen LogP contribution in [0, 0.1) is 0 Å². The number of carbonyl (C=O) groups is 1. The van der Waals surface area contributed by atoms with Crippen molar-refractivity contribution in [3.05, 3.63) is 24.3 Å². The third-order valence-corrected chi connectivity index (χ3v) is 8.94. The summed E-state index contributed by atoms with van der Waals surface area (Å²) >= 11 is 0. The molecule has 9 heteroatoms. The fourth-order valence-corrected chi connectivity index (χ4v) is 5.66. The van der Waals surface area contributed by atoms with Crippen LogP contribution in [0.1, 0.15) is 155 Å². The van der Waals surface area contributed by atoms with Crippen LogP contribution >= 0.6 is 7.82 Å². The van der Waals surface area contributed by atoms with Gasteiger partial charge in [-0.2, -0.15) is 0 Å². The molecule has 0 radical (unpaired) electrons. The molecule has 2 atom stereocenters. The summed E-state index contributed by atoms with van der Waals surface area (Å²) in [6, 6.07) is 0. The zero-order valence-electron chi connectivity index (χ0n) is 31.2. The maximum absolute atomic E-state index is 12.6. The molecule has 0 aromatic carbocycles. The van der Waals surface area contributed by atoms with Crippen molar-refractivity contribution in [2.45, 2.75) is 161 Å². The predicted molar refractivity (Wildman–Crippen MR) is 194 cm³/mol. The van der Waals surface area contributed by atoms with Crippen molar-refractivity contribution in [2.24, 2.45) is 0 Å². The molecule has 0 aliphatic heterocycles. The van der Waals surface area contributed by atoms with Crippen molar-refractivity contribution in [1.29, 1.82) is 0 Å². The number of likely N-dealkylation sites (N-methyl/N-ethyl adjacent to an activating group) is 1. The van der Waals surface area contributed by atoms with Crippen molar-refractivity contribution in [2.75, 3.05) is 54.1 Å². The number of phosphoric ester groups is 1. The van der Waals surface area contributed by atoms with Gasteiger partial charge in [0.05, 0.1) is 34.4 Å². The van der Waals surface area contributed by atoms with Crippen LogP contribution in [0.5, 0.6) is 0 Å². The highest BCUT2D eigenvalue weighted by atomic mass is 31.2. The number of carbonyl (C=O) groups excluding carboxylic acids is 1. The molecular formula is C38H74NO7P. The molecule has 0 heterocycles. The lowest BCUT2D eigenvalue weighted by atomic mass is 10.1. The van der Waals surface area contributed by atoms with Crippen molar-refractivity contribution in [1.82, 2.24) is 0 Å². The maximum Gasteiger partial charge on any atom is 0.306 e. The van der Waals surface area contributed by atoms with Crippen LogP contribution < -0.4 is 4.89 Å². The minimum absolute atomic E-state index is 0.0240. The zero-order chi connectivity index (χ0) is 34.9. The Kier molecular flexibility index (Phi) is 31.5. The minimum atomic E-state index is -4.52. The number of nitrogens with zero attached hydrogens (tertiary/aromatic N) is 1. The van der Waals surface area contributed by atoms with Crippen LogP contribution in [0.25, 0.3) is 0 Å². The van der Waals surface area contributed by atoms with E-state index < -0.39 is 13.9 Å². The summed E-state index contributed by atoms with van der Waals surface area (Å²) in [4.78, 5) is 24.9. The highest BCUT2D eigenvalue weighted by Crippen LogP contribution is 2.38. The quantitative estimate of drug-likeness (QED) is 0.0215. The second-order valence-electron chi connectivity index (χ2n) is 13.9. The molecular weight excluding hydrogens is 613 g/mol. The Hall–Kier alpha value is -1.02. The highest BCUT2D eigenvalue weighted by molar-refractivity contribution is 7.45. The molecule has 0 saturated carbocycles. The Labute approximate surface area is 290 Å². The van der Waals surface area contributed by atoms with Gasteiger partial charge < -0.3 is 27.9 Å². The van der Waals surface area contributed by atoms with Gasteiger partial charge in [-0.25, -0.2) is 0 Å². The third-order valence-electron chi connectivity index (χ3n) is 7.98. The number of allylic oxidation sites excluding steroid dienone is 4. The summed E-state index contributed by atoms with van der Waals surface area (Å²) in [5, 5.41) is 0. The van der Waals surface area contributed by atoms with E-state index >= 15 is 0 Å². The summed E-state index contributed by atoms with van der Waals surface area (Å²) in [7, 11) is 1.35. The first-order valence-electron chi connectivity index (χ1n) is 19.1. The Morgan fingerprint density at radius 3 is 1.68 bits per heavy atom. The standard InChI is InChI=1S/C38H74NO7P/c1-6-8-10-12-14-16-18-19-20-22-24-26-28-30-33-43-35-37(36-45-47(41,42)44-34-32-39(3,4)5)46-38(40)31-29-27-25-23-21-17-15-13-11-9-7-2/h13,15-16,18,37H,6-12,14,17,19-36H2,1-5H3/b15-13-,18-16-/t37-/m1/s1. The van der Waals surface area contributed by atoms with Crippen molar-refractivity contribution < 1.29 is 37.3 Å². The first kappa shape index (κ1) is 46.0. The molecule has 0 fully saturated rings. The van der Waals surface area contributed by atoms with Crippen LogP contribution in [0.3, 0.4) is 0 Å². The summed E-state index contributed by atoms with van der Waals surface area (Å²) < 4.78 is 34.4. The molecule has 0 N–H and O–H groups in total. The maximum atomic E-state index is 12.6. The largest absolute Gasteiger partial charge is 0.756 e. The number of quaternary nitrogens is 1. The van der Waals surface area contributed by atoms with E-state index in [0.29, 0.717) is 24.1 Å². The Morgan fingerprint density at radius 2 is 1.13 bits per heavy atom. The second-order valence-corrected chi connectivity index (χ2v) is 15.3. The number of unbranched alkanes of at least 4 members (excludes halogenated alkanes) is 17. The van der Waals surface area contributed by atoms with E-state index in [9.17, 15) is 14.3 Å². The summed E-state index contributed by atoms with van der Waals surface area (Å²) in [6.07, 6.45) is 33.2. The van der Waals surface area contributed by atoms with Crippen molar-refractivity contribution in [3.63, 3.8) is 0 Å².